The fraction of sp³-hybridized carbons (Fsp3) is 0.632. The Morgan fingerprint density at radius 3 is 2.70 bits per heavy atom. The first-order valence-electron chi connectivity index (χ1n) is 8.93. The molecule has 2 N–H and O–H groups in total. The van der Waals surface area contributed by atoms with Gasteiger partial charge in [0, 0.05) is 12.1 Å². The molecule has 126 valence electrons. The highest BCUT2D eigenvalue weighted by Crippen LogP contribution is 2.33. The summed E-state index contributed by atoms with van der Waals surface area (Å²) in [5, 5.41) is 6.90. The maximum absolute atomic E-state index is 12.6. The van der Waals surface area contributed by atoms with Crippen molar-refractivity contribution in [2.45, 2.75) is 69.5 Å². The highest BCUT2D eigenvalue weighted by Gasteiger charge is 2.38. The van der Waals surface area contributed by atoms with Crippen molar-refractivity contribution in [3.8, 4) is 0 Å². The normalized spacial score (nSPS) is 32.3. The monoisotopic (exact) mass is 334 g/mol. The summed E-state index contributed by atoms with van der Waals surface area (Å²) in [7, 11) is 0. The van der Waals surface area contributed by atoms with E-state index < -0.39 is 0 Å². The topological polar surface area (TPSA) is 41.1 Å². The molecule has 3 aliphatic rings. The minimum absolute atomic E-state index is 0. The summed E-state index contributed by atoms with van der Waals surface area (Å²) in [5.41, 5.74) is 2.87. The van der Waals surface area contributed by atoms with E-state index in [1.165, 1.54) is 36.8 Å². The van der Waals surface area contributed by atoms with Crippen LogP contribution in [0.15, 0.2) is 24.3 Å². The molecule has 3 nitrogen and oxygen atoms in total. The van der Waals surface area contributed by atoms with Gasteiger partial charge >= 0.3 is 0 Å². The quantitative estimate of drug-likeness (QED) is 0.873. The van der Waals surface area contributed by atoms with Gasteiger partial charge < -0.3 is 10.6 Å². The summed E-state index contributed by atoms with van der Waals surface area (Å²) >= 11 is 0. The zero-order valence-electron chi connectivity index (χ0n) is 13.6. The third-order valence-corrected chi connectivity index (χ3v) is 5.87. The lowest BCUT2D eigenvalue weighted by molar-refractivity contribution is -0.123. The van der Waals surface area contributed by atoms with Crippen molar-refractivity contribution in [2.75, 3.05) is 0 Å². The Bertz CT molecular complexity index is 548. The van der Waals surface area contributed by atoms with Crippen molar-refractivity contribution in [3.63, 3.8) is 0 Å². The lowest BCUT2D eigenvalue weighted by Gasteiger charge is -2.27. The highest BCUT2D eigenvalue weighted by atomic mass is 35.5. The number of benzene rings is 1. The van der Waals surface area contributed by atoms with Crippen LogP contribution in [0.3, 0.4) is 0 Å². The maximum Gasteiger partial charge on any atom is 0.237 e. The molecule has 4 unspecified atom stereocenters. The van der Waals surface area contributed by atoms with Crippen LogP contribution >= 0.6 is 12.4 Å². The number of carbonyl (C=O) groups is 1. The van der Waals surface area contributed by atoms with Crippen LogP contribution in [0.5, 0.6) is 0 Å². The van der Waals surface area contributed by atoms with Gasteiger partial charge in [-0.2, -0.15) is 0 Å². The number of fused-ring (bicyclic) bond motifs is 2. The fourth-order valence-corrected chi connectivity index (χ4v) is 4.64. The van der Waals surface area contributed by atoms with E-state index in [4.69, 9.17) is 0 Å². The Labute approximate surface area is 145 Å². The molecule has 0 spiro atoms. The number of nitrogens with one attached hydrogen (secondary N) is 2. The Morgan fingerprint density at radius 2 is 1.87 bits per heavy atom. The molecule has 0 radical (unpaired) electrons. The molecule has 2 fully saturated rings. The molecule has 1 saturated heterocycles. The van der Waals surface area contributed by atoms with E-state index >= 15 is 0 Å². The first-order valence-corrected chi connectivity index (χ1v) is 8.93. The maximum atomic E-state index is 12.6. The molecular weight excluding hydrogens is 308 g/mol. The van der Waals surface area contributed by atoms with Gasteiger partial charge in [-0.25, -0.2) is 0 Å². The van der Waals surface area contributed by atoms with Crippen LogP contribution in [0.2, 0.25) is 0 Å². The Hall–Kier alpha value is -1.06. The number of hydrogen-bond acceptors (Lipinski definition) is 2. The Kier molecular flexibility index (Phi) is 5.27. The van der Waals surface area contributed by atoms with E-state index in [-0.39, 0.29) is 24.4 Å². The SMILES string of the molecule is Cl.O=C(NC1CCc2ccccc2C1)C1CC2CCCCC2N1. The van der Waals surface area contributed by atoms with Gasteiger partial charge in [0.15, 0.2) is 0 Å². The molecule has 1 aliphatic heterocycles. The second-order valence-electron chi connectivity index (χ2n) is 7.32. The number of halogens is 1. The molecule has 1 amide bonds. The van der Waals surface area contributed by atoms with Gasteiger partial charge in [-0.1, -0.05) is 37.1 Å². The van der Waals surface area contributed by atoms with E-state index in [0.717, 1.165) is 31.6 Å². The fourth-order valence-electron chi connectivity index (χ4n) is 4.64. The molecule has 1 saturated carbocycles. The van der Waals surface area contributed by atoms with Crippen molar-refractivity contribution in [1.29, 1.82) is 0 Å². The smallest absolute Gasteiger partial charge is 0.237 e. The number of aryl methyl sites for hydroxylation is 1. The second kappa shape index (κ2) is 7.23. The van der Waals surface area contributed by atoms with Crippen molar-refractivity contribution in [1.82, 2.24) is 10.6 Å². The minimum atomic E-state index is 0. The summed E-state index contributed by atoms with van der Waals surface area (Å²) in [5.74, 6) is 0.968. The van der Waals surface area contributed by atoms with Crippen LogP contribution in [0.4, 0.5) is 0 Å². The van der Waals surface area contributed by atoms with Gasteiger partial charge in [0.2, 0.25) is 5.91 Å². The standard InChI is InChI=1S/C19H26N2O.ClH/c22-19(18-12-15-7-3-4-8-17(15)21-18)20-16-10-9-13-5-1-2-6-14(13)11-16;/h1-2,5-6,15-18,21H,3-4,7-12H2,(H,20,22);1H. The van der Waals surface area contributed by atoms with E-state index in [2.05, 4.69) is 34.9 Å². The van der Waals surface area contributed by atoms with E-state index in [1.807, 2.05) is 0 Å². The third-order valence-electron chi connectivity index (χ3n) is 5.87. The number of rotatable bonds is 2. The van der Waals surface area contributed by atoms with Gasteiger partial charge in [0.25, 0.3) is 0 Å². The minimum Gasteiger partial charge on any atom is -0.352 e. The predicted octanol–water partition coefficient (Wildman–Crippen LogP) is 3.00. The third kappa shape index (κ3) is 3.56. The largest absolute Gasteiger partial charge is 0.352 e. The van der Waals surface area contributed by atoms with Gasteiger partial charge in [0.1, 0.15) is 0 Å². The number of hydrogen-bond donors (Lipinski definition) is 2. The molecule has 23 heavy (non-hydrogen) atoms. The van der Waals surface area contributed by atoms with Crippen LogP contribution in [0.1, 0.15) is 49.7 Å². The van der Waals surface area contributed by atoms with Crippen LogP contribution in [0.25, 0.3) is 0 Å². The summed E-state index contributed by atoms with van der Waals surface area (Å²) in [6, 6.07) is 9.59. The van der Waals surface area contributed by atoms with Crippen molar-refractivity contribution < 1.29 is 4.79 Å². The summed E-state index contributed by atoms with van der Waals surface area (Å²) in [6.07, 6.45) is 9.41. The van der Waals surface area contributed by atoms with Crippen LogP contribution < -0.4 is 10.6 Å². The molecule has 1 heterocycles. The average Bonchev–Trinajstić information content (AvgIpc) is 2.99. The van der Waals surface area contributed by atoms with Crippen LogP contribution in [0, 0.1) is 5.92 Å². The number of carbonyl (C=O) groups excluding carboxylic acids is 1. The molecule has 4 atom stereocenters. The summed E-state index contributed by atoms with van der Waals surface area (Å²) < 4.78 is 0. The van der Waals surface area contributed by atoms with Crippen molar-refractivity contribution in [3.05, 3.63) is 35.4 Å². The van der Waals surface area contributed by atoms with Crippen molar-refractivity contribution in [2.24, 2.45) is 5.92 Å². The van der Waals surface area contributed by atoms with Gasteiger partial charge in [-0.3, -0.25) is 4.79 Å². The van der Waals surface area contributed by atoms with E-state index in [0.29, 0.717) is 12.1 Å². The number of amides is 1. The molecule has 0 bridgehead atoms. The highest BCUT2D eigenvalue weighted by molar-refractivity contribution is 5.85. The summed E-state index contributed by atoms with van der Waals surface area (Å²) in [6.45, 7) is 0. The molecule has 1 aromatic rings. The average molecular weight is 335 g/mol. The van der Waals surface area contributed by atoms with Crippen molar-refractivity contribution >= 4 is 18.3 Å². The summed E-state index contributed by atoms with van der Waals surface area (Å²) in [4.78, 5) is 12.6. The van der Waals surface area contributed by atoms with Crippen LogP contribution in [-0.2, 0) is 17.6 Å². The predicted molar refractivity (Wildman–Crippen MR) is 94.9 cm³/mol. The lowest BCUT2D eigenvalue weighted by atomic mass is 9.85. The second-order valence-corrected chi connectivity index (χ2v) is 7.32. The molecule has 4 rings (SSSR count). The molecule has 2 aliphatic carbocycles. The van der Waals surface area contributed by atoms with Crippen LogP contribution in [-0.4, -0.2) is 24.0 Å². The zero-order chi connectivity index (χ0) is 14.9. The van der Waals surface area contributed by atoms with Gasteiger partial charge in [0.05, 0.1) is 6.04 Å². The van der Waals surface area contributed by atoms with E-state index in [1.54, 1.807) is 0 Å². The molecule has 0 aromatic heterocycles. The lowest BCUT2D eigenvalue weighted by Crippen LogP contribution is -2.48. The first-order chi connectivity index (χ1) is 10.8. The zero-order valence-corrected chi connectivity index (χ0v) is 14.4. The molecular formula is C19H27ClN2O. The molecule has 4 heteroatoms. The Morgan fingerprint density at radius 1 is 1.09 bits per heavy atom. The van der Waals surface area contributed by atoms with E-state index in [9.17, 15) is 4.79 Å². The first kappa shape index (κ1) is 16.8. The Balaban J connectivity index is 0.00000156. The van der Waals surface area contributed by atoms with Gasteiger partial charge in [-0.15, -0.1) is 12.4 Å². The van der Waals surface area contributed by atoms with Gasteiger partial charge in [-0.05, 0) is 55.6 Å². The molecule has 1 aromatic carbocycles.